The molecule has 1 N–H and O–H groups in total. The fraction of sp³-hybridized carbons (Fsp3) is 0.250. The number of aryl methyl sites for hydroxylation is 1. The van der Waals surface area contributed by atoms with Crippen molar-refractivity contribution < 1.29 is 13.2 Å². The lowest BCUT2D eigenvalue weighted by Gasteiger charge is -2.14. The molecule has 102 valence electrons. The first kappa shape index (κ1) is 13.9. The van der Waals surface area contributed by atoms with E-state index >= 15 is 0 Å². The zero-order chi connectivity index (χ0) is 14.0. The van der Waals surface area contributed by atoms with Crippen LogP contribution in [0.4, 0.5) is 18.9 Å². The third-order valence-corrected chi connectivity index (χ3v) is 3.14. The van der Waals surface area contributed by atoms with Crippen LogP contribution in [0, 0.1) is 0 Å². The second-order valence-electron chi connectivity index (χ2n) is 4.00. The van der Waals surface area contributed by atoms with Gasteiger partial charge in [-0.25, -0.2) is 4.98 Å². The maximum atomic E-state index is 12.9. The molecule has 19 heavy (non-hydrogen) atoms. The van der Waals surface area contributed by atoms with E-state index in [4.69, 9.17) is 0 Å². The van der Waals surface area contributed by atoms with Crippen LogP contribution >= 0.6 is 15.9 Å². The lowest BCUT2D eigenvalue weighted by molar-refractivity contribution is -0.137. The average Bonchev–Trinajstić information content (AvgIpc) is 2.72. The van der Waals surface area contributed by atoms with Gasteiger partial charge in [-0.15, -0.1) is 0 Å². The van der Waals surface area contributed by atoms with Gasteiger partial charge in [0.1, 0.15) is 5.82 Å². The summed E-state index contributed by atoms with van der Waals surface area (Å²) in [6.45, 7) is 0.230. The number of aromatic nitrogens is 2. The molecule has 0 aliphatic heterocycles. The molecule has 0 saturated heterocycles. The molecule has 1 aromatic carbocycles. The maximum Gasteiger partial charge on any atom is 0.418 e. The third kappa shape index (κ3) is 3.28. The summed E-state index contributed by atoms with van der Waals surface area (Å²) in [6.07, 6.45) is -1.06. The Balaban J connectivity index is 2.23. The summed E-state index contributed by atoms with van der Waals surface area (Å²) in [4.78, 5) is 4.05. The Hall–Kier alpha value is -1.50. The van der Waals surface area contributed by atoms with Gasteiger partial charge in [-0.2, -0.15) is 13.2 Å². The minimum atomic E-state index is -4.40. The van der Waals surface area contributed by atoms with Gasteiger partial charge < -0.3 is 9.88 Å². The molecule has 0 atom stereocenters. The molecule has 0 spiro atoms. The van der Waals surface area contributed by atoms with Crippen LogP contribution < -0.4 is 5.32 Å². The molecule has 0 radical (unpaired) electrons. The Morgan fingerprint density at radius 1 is 1.37 bits per heavy atom. The normalized spacial score (nSPS) is 11.6. The van der Waals surface area contributed by atoms with E-state index in [0.717, 1.165) is 6.07 Å². The molecule has 3 nitrogen and oxygen atoms in total. The van der Waals surface area contributed by atoms with Crippen molar-refractivity contribution in [2.24, 2.45) is 7.05 Å². The van der Waals surface area contributed by atoms with Crippen LogP contribution in [-0.4, -0.2) is 9.55 Å². The molecule has 2 rings (SSSR count). The molecule has 0 unspecified atom stereocenters. The van der Waals surface area contributed by atoms with Gasteiger partial charge >= 0.3 is 6.18 Å². The number of hydrogen-bond acceptors (Lipinski definition) is 2. The second kappa shape index (κ2) is 5.24. The fourth-order valence-electron chi connectivity index (χ4n) is 1.65. The van der Waals surface area contributed by atoms with E-state index in [2.05, 4.69) is 26.2 Å². The first-order valence-electron chi connectivity index (χ1n) is 5.45. The molecule has 7 heteroatoms. The number of nitrogens with one attached hydrogen (secondary N) is 1. The number of anilines is 1. The summed E-state index contributed by atoms with van der Waals surface area (Å²) >= 11 is 3.05. The van der Waals surface area contributed by atoms with E-state index in [0.29, 0.717) is 10.3 Å². The Labute approximate surface area is 116 Å². The van der Waals surface area contributed by atoms with Gasteiger partial charge in [0.2, 0.25) is 0 Å². The Morgan fingerprint density at radius 2 is 2.11 bits per heavy atom. The quantitative estimate of drug-likeness (QED) is 0.925. The molecular weight excluding hydrogens is 323 g/mol. The van der Waals surface area contributed by atoms with Gasteiger partial charge in [-0.05, 0) is 18.2 Å². The summed E-state index contributed by atoms with van der Waals surface area (Å²) in [5, 5.41) is 2.77. The van der Waals surface area contributed by atoms with E-state index < -0.39 is 11.7 Å². The first-order chi connectivity index (χ1) is 8.88. The fourth-order valence-corrected chi connectivity index (χ4v) is 2.01. The van der Waals surface area contributed by atoms with Gasteiger partial charge in [0.25, 0.3) is 0 Å². The Kier molecular flexibility index (Phi) is 3.84. The van der Waals surface area contributed by atoms with Crippen molar-refractivity contribution >= 4 is 21.6 Å². The summed E-state index contributed by atoms with van der Waals surface area (Å²) in [7, 11) is 1.79. The summed E-state index contributed by atoms with van der Waals surface area (Å²) in [6, 6.07) is 4.02. The SMILES string of the molecule is Cn1ccnc1CNc1ccc(Br)cc1C(F)(F)F. The zero-order valence-electron chi connectivity index (χ0n) is 10.0. The van der Waals surface area contributed by atoms with Crippen LogP contribution in [0.3, 0.4) is 0 Å². The second-order valence-corrected chi connectivity index (χ2v) is 4.91. The number of halogens is 4. The van der Waals surface area contributed by atoms with Crippen LogP contribution in [0.15, 0.2) is 35.1 Å². The van der Waals surface area contributed by atoms with Crippen LogP contribution in [0.1, 0.15) is 11.4 Å². The molecule has 1 aromatic heterocycles. The number of hydrogen-bond donors (Lipinski definition) is 1. The molecule has 2 aromatic rings. The molecule has 0 bridgehead atoms. The van der Waals surface area contributed by atoms with Crippen LogP contribution in [0.25, 0.3) is 0 Å². The summed E-state index contributed by atoms with van der Waals surface area (Å²) < 4.78 is 40.8. The lowest BCUT2D eigenvalue weighted by Crippen LogP contribution is -2.12. The van der Waals surface area contributed by atoms with Gasteiger partial charge in [-0.3, -0.25) is 0 Å². The van der Waals surface area contributed by atoms with E-state index in [-0.39, 0.29) is 12.2 Å². The standard InChI is InChI=1S/C12H11BrF3N3/c1-19-5-4-17-11(19)7-18-10-3-2-8(13)6-9(10)12(14,15)16/h2-6,18H,7H2,1H3. The highest BCUT2D eigenvalue weighted by Crippen LogP contribution is 2.36. The highest BCUT2D eigenvalue weighted by atomic mass is 79.9. The van der Waals surface area contributed by atoms with Crippen LogP contribution in [-0.2, 0) is 19.8 Å². The molecule has 0 aliphatic carbocycles. The predicted octanol–water partition coefficient (Wildman–Crippen LogP) is 3.81. The maximum absolute atomic E-state index is 12.9. The van der Waals surface area contributed by atoms with E-state index in [1.54, 1.807) is 30.1 Å². The monoisotopic (exact) mass is 333 g/mol. The van der Waals surface area contributed by atoms with Crippen molar-refractivity contribution in [1.82, 2.24) is 9.55 Å². The zero-order valence-corrected chi connectivity index (χ0v) is 11.6. The van der Waals surface area contributed by atoms with Crippen LogP contribution in [0.2, 0.25) is 0 Å². The molecule has 0 aliphatic rings. The lowest BCUT2D eigenvalue weighted by atomic mass is 10.1. The Bertz CT molecular complexity index is 578. The van der Waals surface area contributed by atoms with Gasteiger partial charge in [0.05, 0.1) is 12.1 Å². The molecule has 0 fully saturated rings. The average molecular weight is 334 g/mol. The summed E-state index contributed by atoms with van der Waals surface area (Å²) in [5.74, 6) is 0.663. The number of rotatable bonds is 3. The van der Waals surface area contributed by atoms with Crippen molar-refractivity contribution in [3.05, 3.63) is 46.5 Å². The van der Waals surface area contributed by atoms with Gasteiger partial charge in [-0.1, -0.05) is 15.9 Å². The van der Waals surface area contributed by atoms with Gasteiger partial charge in [0, 0.05) is 29.6 Å². The van der Waals surface area contributed by atoms with Crippen molar-refractivity contribution in [1.29, 1.82) is 0 Å². The first-order valence-corrected chi connectivity index (χ1v) is 6.24. The number of alkyl halides is 3. The van der Waals surface area contributed by atoms with Crippen molar-refractivity contribution in [3.8, 4) is 0 Å². The minimum Gasteiger partial charge on any atom is -0.377 e. The number of imidazole rings is 1. The van der Waals surface area contributed by atoms with E-state index in [1.807, 2.05) is 0 Å². The molecular formula is C12H11BrF3N3. The minimum absolute atomic E-state index is 0.0405. The highest BCUT2D eigenvalue weighted by Gasteiger charge is 2.33. The smallest absolute Gasteiger partial charge is 0.377 e. The number of nitrogens with zero attached hydrogens (tertiary/aromatic N) is 2. The van der Waals surface area contributed by atoms with E-state index in [1.165, 1.54) is 6.07 Å². The van der Waals surface area contributed by atoms with Crippen LogP contribution in [0.5, 0.6) is 0 Å². The predicted molar refractivity (Wildman–Crippen MR) is 69.7 cm³/mol. The van der Waals surface area contributed by atoms with E-state index in [9.17, 15) is 13.2 Å². The van der Waals surface area contributed by atoms with Crippen molar-refractivity contribution in [3.63, 3.8) is 0 Å². The third-order valence-electron chi connectivity index (χ3n) is 2.64. The van der Waals surface area contributed by atoms with Crippen molar-refractivity contribution in [2.75, 3.05) is 5.32 Å². The topological polar surface area (TPSA) is 29.9 Å². The van der Waals surface area contributed by atoms with Crippen molar-refractivity contribution in [2.45, 2.75) is 12.7 Å². The van der Waals surface area contributed by atoms with Gasteiger partial charge in [0.15, 0.2) is 0 Å². The highest BCUT2D eigenvalue weighted by molar-refractivity contribution is 9.10. The molecule has 0 amide bonds. The molecule has 0 saturated carbocycles. The number of benzene rings is 1. The molecule has 1 heterocycles. The Morgan fingerprint density at radius 3 is 2.68 bits per heavy atom. The largest absolute Gasteiger partial charge is 0.418 e. The summed E-state index contributed by atoms with van der Waals surface area (Å²) in [5.41, 5.74) is -0.658.